The fourth-order valence-corrected chi connectivity index (χ4v) is 6.67. The highest BCUT2D eigenvalue weighted by atomic mass is 16.5. The fraction of sp³-hybridized carbons (Fsp3) is 0.895. The van der Waals surface area contributed by atoms with E-state index in [0.717, 1.165) is 17.8 Å². The van der Waals surface area contributed by atoms with Crippen molar-refractivity contribution in [3.63, 3.8) is 0 Å². The van der Waals surface area contributed by atoms with E-state index in [9.17, 15) is 9.59 Å². The van der Waals surface area contributed by atoms with Crippen molar-refractivity contribution in [2.24, 2.45) is 23.2 Å². The summed E-state index contributed by atoms with van der Waals surface area (Å²) in [5.41, 5.74) is 0.213. The maximum atomic E-state index is 13.1. The lowest BCUT2D eigenvalue weighted by Crippen LogP contribution is -2.49. The number of nitrogens with zero attached hydrogens (tertiary/aromatic N) is 1. The summed E-state index contributed by atoms with van der Waals surface area (Å²) in [6.45, 7) is 0.555. The molecule has 1 aliphatic heterocycles. The van der Waals surface area contributed by atoms with Gasteiger partial charge in [0, 0.05) is 26.1 Å². The van der Waals surface area contributed by atoms with E-state index in [1.807, 2.05) is 4.90 Å². The van der Waals surface area contributed by atoms with Gasteiger partial charge in [-0.05, 0) is 68.1 Å². The largest absolute Gasteiger partial charge is 0.481 e. The molecule has 4 bridgehead atoms. The van der Waals surface area contributed by atoms with Gasteiger partial charge < -0.3 is 14.7 Å². The van der Waals surface area contributed by atoms with Crippen LogP contribution in [0.1, 0.15) is 57.8 Å². The summed E-state index contributed by atoms with van der Waals surface area (Å²) in [5.74, 6) is 1.85. The molecule has 0 aromatic rings. The molecule has 24 heavy (non-hydrogen) atoms. The predicted octanol–water partition coefficient (Wildman–Crippen LogP) is 2.68. The Kier molecular flexibility index (Phi) is 4.10. The molecule has 0 aromatic heterocycles. The third-order valence-corrected chi connectivity index (χ3v) is 7.13. The number of carbonyl (C=O) groups excluding carboxylic acids is 1. The molecule has 5 nitrogen and oxygen atoms in total. The monoisotopic (exact) mass is 335 g/mol. The highest BCUT2D eigenvalue weighted by Crippen LogP contribution is 2.61. The number of rotatable bonds is 5. The predicted molar refractivity (Wildman–Crippen MR) is 88.4 cm³/mol. The minimum Gasteiger partial charge on any atom is -0.481 e. The molecule has 2 atom stereocenters. The average molecular weight is 335 g/mol. The zero-order valence-electron chi connectivity index (χ0n) is 14.6. The molecule has 1 heterocycles. The van der Waals surface area contributed by atoms with Gasteiger partial charge in [-0.15, -0.1) is 0 Å². The van der Waals surface area contributed by atoms with Crippen LogP contribution in [0.2, 0.25) is 0 Å². The summed E-state index contributed by atoms with van der Waals surface area (Å²) in [4.78, 5) is 26.0. The summed E-state index contributed by atoms with van der Waals surface area (Å²) in [7, 11) is 1.65. The minimum absolute atomic E-state index is 0.0188. The van der Waals surface area contributed by atoms with E-state index in [2.05, 4.69) is 0 Å². The normalized spacial score (nSPS) is 43.4. The third-order valence-electron chi connectivity index (χ3n) is 7.13. The first kappa shape index (κ1) is 16.4. The Morgan fingerprint density at radius 1 is 1.08 bits per heavy atom. The number of methoxy groups -OCH3 is 1. The first-order valence-corrected chi connectivity index (χ1v) is 9.50. The molecule has 1 amide bonds. The number of ether oxygens (including phenoxy) is 1. The van der Waals surface area contributed by atoms with E-state index in [1.54, 1.807) is 7.11 Å². The van der Waals surface area contributed by atoms with E-state index in [1.165, 1.54) is 38.5 Å². The fourth-order valence-electron chi connectivity index (χ4n) is 6.67. The maximum Gasteiger partial charge on any atom is 0.305 e. The van der Waals surface area contributed by atoms with Gasteiger partial charge in [0.2, 0.25) is 5.91 Å². The van der Waals surface area contributed by atoms with Crippen molar-refractivity contribution in [2.75, 3.05) is 13.7 Å². The molecule has 5 aliphatic rings. The molecule has 4 aliphatic carbocycles. The number of amides is 1. The number of hydrogen-bond acceptors (Lipinski definition) is 3. The third kappa shape index (κ3) is 2.96. The Balaban J connectivity index is 1.46. The van der Waals surface area contributed by atoms with Crippen molar-refractivity contribution in [2.45, 2.75) is 69.9 Å². The van der Waals surface area contributed by atoms with Gasteiger partial charge in [-0.25, -0.2) is 0 Å². The van der Waals surface area contributed by atoms with E-state index in [4.69, 9.17) is 9.84 Å². The highest BCUT2D eigenvalue weighted by molar-refractivity contribution is 5.79. The van der Waals surface area contributed by atoms with Crippen LogP contribution in [0.15, 0.2) is 0 Å². The Morgan fingerprint density at radius 2 is 1.67 bits per heavy atom. The standard InChI is InChI=1S/C19H29NO4/c1-24-16-5-15(6-18(22)23)20(11-16)17(21)10-19-7-12-2-13(8-19)4-14(3-12)9-19/h12-16H,2-11H2,1H3,(H,22,23). The van der Waals surface area contributed by atoms with E-state index in [-0.39, 0.29) is 29.9 Å². The van der Waals surface area contributed by atoms with Gasteiger partial charge in [0.15, 0.2) is 0 Å². The highest BCUT2D eigenvalue weighted by Gasteiger charge is 2.52. The summed E-state index contributed by atoms with van der Waals surface area (Å²) in [6, 6.07) is -0.200. The number of carbonyl (C=O) groups is 2. The molecule has 5 fully saturated rings. The van der Waals surface area contributed by atoms with Crippen LogP contribution >= 0.6 is 0 Å². The summed E-state index contributed by atoms with van der Waals surface area (Å²) in [6.07, 6.45) is 9.08. The van der Waals surface area contributed by atoms with E-state index in [0.29, 0.717) is 19.4 Å². The van der Waals surface area contributed by atoms with Crippen LogP contribution in [-0.4, -0.2) is 47.7 Å². The van der Waals surface area contributed by atoms with Crippen molar-refractivity contribution >= 4 is 11.9 Å². The van der Waals surface area contributed by atoms with Crippen LogP contribution in [0, 0.1) is 23.2 Å². The average Bonchev–Trinajstić information content (AvgIpc) is 2.87. The molecule has 1 saturated heterocycles. The van der Waals surface area contributed by atoms with Crippen LogP contribution in [0.3, 0.4) is 0 Å². The van der Waals surface area contributed by atoms with Gasteiger partial charge >= 0.3 is 5.97 Å². The molecule has 5 heteroatoms. The molecule has 1 N–H and O–H groups in total. The summed E-state index contributed by atoms with van der Waals surface area (Å²) < 4.78 is 5.41. The Hall–Kier alpha value is -1.10. The van der Waals surface area contributed by atoms with Gasteiger partial charge in [0.25, 0.3) is 0 Å². The van der Waals surface area contributed by atoms with Gasteiger partial charge in [-0.3, -0.25) is 9.59 Å². The first-order chi connectivity index (χ1) is 11.5. The number of hydrogen-bond donors (Lipinski definition) is 1. The molecule has 2 unspecified atom stereocenters. The minimum atomic E-state index is -0.829. The Bertz CT molecular complexity index is 496. The molecular weight excluding hydrogens is 306 g/mol. The Morgan fingerprint density at radius 3 is 2.17 bits per heavy atom. The van der Waals surface area contributed by atoms with E-state index >= 15 is 0 Å². The zero-order valence-corrected chi connectivity index (χ0v) is 14.6. The molecule has 134 valence electrons. The lowest BCUT2D eigenvalue weighted by Gasteiger charge is -2.57. The van der Waals surface area contributed by atoms with Gasteiger partial charge in [0.1, 0.15) is 0 Å². The van der Waals surface area contributed by atoms with Crippen LogP contribution < -0.4 is 0 Å². The van der Waals surface area contributed by atoms with Crippen molar-refractivity contribution in [1.82, 2.24) is 4.90 Å². The van der Waals surface area contributed by atoms with Gasteiger partial charge in [-0.2, -0.15) is 0 Å². The van der Waals surface area contributed by atoms with Crippen LogP contribution in [-0.2, 0) is 14.3 Å². The summed E-state index contributed by atoms with van der Waals surface area (Å²) in [5, 5.41) is 9.16. The molecule has 5 rings (SSSR count). The van der Waals surface area contributed by atoms with Crippen molar-refractivity contribution in [3.05, 3.63) is 0 Å². The number of likely N-dealkylation sites (tertiary alicyclic amines) is 1. The molecule has 0 aromatic carbocycles. The van der Waals surface area contributed by atoms with Crippen LogP contribution in [0.4, 0.5) is 0 Å². The zero-order chi connectivity index (χ0) is 16.9. The van der Waals surface area contributed by atoms with Crippen LogP contribution in [0.5, 0.6) is 0 Å². The van der Waals surface area contributed by atoms with Crippen molar-refractivity contribution < 1.29 is 19.4 Å². The van der Waals surface area contributed by atoms with Gasteiger partial charge in [-0.1, -0.05) is 0 Å². The van der Waals surface area contributed by atoms with E-state index < -0.39 is 5.97 Å². The van der Waals surface area contributed by atoms with Crippen LogP contribution in [0.25, 0.3) is 0 Å². The van der Waals surface area contributed by atoms with Crippen molar-refractivity contribution in [3.8, 4) is 0 Å². The molecule has 4 saturated carbocycles. The number of carboxylic acid groups (broad SMARTS) is 1. The van der Waals surface area contributed by atoms with Gasteiger partial charge in [0.05, 0.1) is 12.5 Å². The SMILES string of the molecule is COC1CC(CC(=O)O)N(C(=O)CC23CC4CC(CC(C4)C2)C3)C1. The first-order valence-electron chi connectivity index (χ1n) is 9.50. The molecule has 0 radical (unpaired) electrons. The van der Waals surface area contributed by atoms with Crippen molar-refractivity contribution in [1.29, 1.82) is 0 Å². The maximum absolute atomic E-state index is 13.1. The smallest absolute Gasteiger partial charge is 0.305 e. The summed E-state index contributed by atoms with van der Waals surface area (Å²) >= 11 is 0. The number of aliphatic carboxylic acids is 1. The second-order valence-electron chi connectivity index (χ2n) is 8.99. The quantitative estimate of drug-likeness (QED) is 0.839. The second kappa shape index (κ2) is 6.01. The number of carboxylic acids is 1. The lowest BCUT2D eigenvalue weighted by atomic mass is 9.49. The Labute approximate surface area is 143 Å². The molecular formula is C19H29NO4. The topological polar surface area (TPSA) is 66.8 Å². The lowest BCUT2D eigenvalue weighted by molar-refractivity contribution is -0.143. The molecule has 0 spiro atoms. The second-order valence-corrected chi connectivity index (χ2v) is 8.99.